The summed E-state index contributed by atoms with van der Waals surface area (Å²) in [6, 6.07) is 0. The molecule has 0 atom stereocenters. The maximum atomic E-state index is 10.9. The molecule has 0 aliphatic carbocycles. The van der Waals surface area contributed by atoms with Crippen LogP contribution in [0.3, 0.4) is 0 Å². The molecule has 0 aliphatic heterocycles. The van der Waals surface area contributed by atoms with Gasteiger partial charge in [-0.05, 0) is 11.5 Å². The number of rotatable bonds is 2. The van der Waals surface area contributed by atoms with Gasteiger partial charge in [0, 0.05) is 0 Å². The summed E-state index contributed by atoms with van der Waals surface area (Å²) in [5, 5.41) is 10.1. The van der Waals surface area contributed by atoms with Crippen LogP contribution in [-0.2, 0) is 0 Å². The molecule has 0 radical (unpaired) electrons. The van der Waals surface area contributed by atoms with Gasteiger partial charge in [-0.1, -0.05) is 0 Å². The summed E-state index contributed by atoms with van der Waals surface area (Å²) in [6.45, 7) is 0. The van der Waals surface area contributed by atoms with Crippen molar-refractivity contribution in [1.82, 2.24) is 4.37 Å². The molecule has 0 bridgehead atoms. The topological polar surface area (TPSA) is 125 Å². The zero-order chi connectivity index (χ0) is 10.0. The van der Waals surface area contributed by atoms with Gasteiger partial charge in [0.2, 0.25) is 0 Å². The van der Waals surface area contributed by atoms with Crippen molar-refractivity contribution in [1.29, 1.82) is 0 Å². The molecule has 1 rings (SSSR count). The Balaban J connectivity index is 3.15. The van der Waals surface area contributed by atoms with E-state index in [4.69, 9.17) is 10.8 Å². The number of hydrogen-bond acceptors (Lipinski definition) is 4. The summed E-state index contributed by atoms with van der Waals surface area (Å²) >= 11 is 0.703. The van der Waals surface area contributed by atoms with Crippen LogP contribution in [0.1, 0.15) is 10.4 Å². The second-order valence-electron chi connectivity index (χ2n) is 2.03. The summed E-state index contributed by atoms with van der Waals surface area (Å²) in [5.41, 5.74) is 3.79. The fraction of sp³-hybridized carbons (Fsp3) is 0. The van der Waals surface area contributed by atoms with E-state index in [0.29, 0.717) is 11.5 Å². The molecule has 8 heteroatoms. The Labute approximate surface area is 75.3 Å². The average Bonchev–Trinajstić information content (AvgIpc) is 2.30. The van der Waals surface area contributed by atoms with E-state index in [1.54, 1.807) is 0 Å². The molecular weight excluding hydrogens is 198 g/mol. The number of amides is 2. The van der Waals surface area contributed by atoms with Crippen molar-refractivity contribution in [3.8, 4) is 0 Å². The average molecular weight is 203 g/mol. The number of carbonyl (C=O) groups is 2. The van der Waals surface area contributed by atoms with Crippen LogP contribution in [0.15, 0.2) is 4.79 Å². The molecule has 0 saturated heterocycles. The highest BCUT2D eigenvalue weighted by molar-refractivity contribution is 7.10. The van der Waals surface area contributed by atoms with Crippen LogP contribution in [0.25, 0.3) is 0 Å². The Kier molecular flexibility index (Phi) is 2.33. The number of aromatic amines is 1. The molecular formula is C5H5N3O4S. The van der Waals surface area contributed by atoms with E-state index in [1.807, 2.05) is 5.32 Å². The lowest BCUT2D eigenvalue weighted by Gasteiger charge is -1.95. The van der Waals surface area contributed by atoms with Crippen molar-refractivity contribution in [2.45, 2.75) is 0 Å². The highest BCUT2D eigenvalue weighted by Gasteiger charge is 2.16. The van der Waals surface area contributed by atoms with E-state index in [0.717, 1.165) is 0 Å². The number of nitrogens with two attached hydrogens (primary N) is 1. The van der Waals surface area contributed by atoms with Crippen molar-refractivity contribution in [3.05, 3.63) is 15.9 Å². The first-order valence-electron chi connectivity index (χ1n) is 3.03. The van der Waals surface area contributed by atoms with Gasteiger partial charge in [-0.3, -0.25) is 19.3 Å². The van der Waals surface area contributed by atoms with Crippen LogP contribution in [0, 0.1) is 0 Å². The van der Waals surface area contributed by atoms with Crippen molar-refractivity contribution in [2.24, 2.45) is 5.73 Å². The minimum Gasteiger partial charge on any atom is -0.465 e. The minimum absolute atomic E-state index is 0.0926. The number of H-pyrrole nitrogens is 1. The lowest BCUT2D eigenvalue weighted by atomic mass is 10.3. The highest BCUT2D eigenvalue weighted by Crippen LogP contribution is 2.15. The molecule has 0 saturated carbocycles. The lowest BCUT2D eigenvalue weighted by molar-refractivity contribution is 0.100. The van der Waals surface area contributed by atoms with Crippen molar-refractivity contribution < 1.29 is 14.7 Å². The molecule has 0 spiro atoms. The molecule has 0 aromatic carbocycles. The standard InChI is InChI=1S/C5H5N3O4S/c6-2(9)1-3(10)8-13-4(1)7-5(11)12/h7H,(H2,6,9)(H,8,10)(H,11,12). The molecule has 2 amide bonds. The minimum atomic E-state index is -1.36. The van der Waals surface area contributed by atoms with E-state index < -0.39 is 17.6 Å². The predicted molar refractivity (Wildman–Crippen MR) is 45.1 cm³/mol. The monoisotopic (exact) mass is 203 g/mol. The smallest absolute Gasteiger partial charge is 0.409 e. The zero-order valence-electron chi connectivity index (χ0n) is 6.16. The summed E-state index contributed by atoms with van der Waals surface area (Å²) in [4.78, 5) is 31.7. The van der Waals surface area contributed by atoms with E-state index in [1.165, 1.54) is 0 Å². The first-order chi connectivity index (χ1) is 6.02. The highest BCUT2D eigenvalue weighted by atomic mass is 32.1. The van der Waals surface area contributed by atoms with Gasteiger partial charge in [0.05, 0.1) is 0 Å². The van der Waals surface area contributed by atoms with Crippen LogP contribution in [-0.4, -0.2) is 21.5 Å². The van der Waals surface area contributed by atoms with Gasteiger partial charge in [0.15, 0.2) is 0 Å². The fourth-order valence-electron chi connectivity index (χ4n) is 0.711. The van der Waals surface area contributed by atoms with Gasteiger partial charge >= 0.3 is 6.09 Å². The lowest BCUT2D eigenvalue weighted by Crippen LogP contribution is -2.22. The van der Waals surface area contributed by atoms with E-state index in [2.05, 4.69) is 4.37 Å². The number of aromatic nitrogens is 1. The molecule has 70 valence electrons. The molecule has 1 heterocycles. The maximum absolute atomic E-state index is 10.9. The summed E-state index contributed by atoms with van der Waals surface area (Å²) in [7, 11) is 0. The van der Waals surface area contributed by atoms with Gasteiger partial charge in [-0.25, -0.2) is 4.79 Å². The van der Waals surface area contributed by atoms with E-state index in [-0.39, 0.29) is 10.6 Å². The molecule has 0 unspecified atom stereocenters. The van der Waals surface area contributed by atoms with E-state index >= 15 is 0 Å². The molecule has 0 aliphatic rings. The Morgan fingerprint density at radius 1 is 1.54 bits per heavy atom. The van der Waals surface area contributed by atoms with Crippen LogP contribution in [0.4, 0.5) is 9.80 Å². The van der Waals surface area contributed by atoms with Crippen LogP contribution >= 0.6 is 11.5 Å². The Bertz CT molecular complexity index is 406. The molecule has 1 aromatic heterocycles. The third-order valence-corrected chi connectivity index (χ3v) is 1.96. The molecule has 0 fully saturated rings. The predicted octanol–water partition coefficient (Wildman–Crippen LogP) is -0.375. The first-order valence-corrected chi connectivity index (χ1v) is 3.85. The van der Waals surface area contributed by atoms with Crippen LogP contribution in [0.2, 0.25) is 0 Å². The number of carbonyl (C=O) groups excluding carboxylic acids is 1. The quantitative estimate of drug-likeness (QED) is 0.522. The molecule has 1 aromatic rings. The van der Waals surface area contributed by atoms with Gasteiger partial charge in [-0.2, -0.15) is 0 Å². The number of nitrogens with one attached hydrogen (secondary N) is 2. The van der Waals surface area contributed by atoms with Crippen molar-refractivity contribution in [2.75, 3.05) is 5.32 Å². The third kappa shape index (κ3) is 1.85. The summed E-state index contributed by atoms with van der Waals surface area (Å²) in [6.07, 6.45) is -1.36. The van der Waals surface area contributed by atoms with Gasteiger partial charge in [-0.15, -0.1) is 0 Å². The fourth-order valence-corrected chi connectivity index (χ4v) is 1.44. The van der Waals surface area contributed by atoms with Gasteiger partial charge in [0.25, 0.3) is 11.5 Å². The number of hydrogen-bond donors (Lipinski definition) is 4. The third-order valence-electron chi connectivity index (χ3n) is 1.17. The van der Waals surface area contributed by atoms with E-state index in [9.17, 15) is 14.4 Å². The van der Waals surface area contributed by atoms with Crippen LogP contribution in [0.5, 0.6) is 0 Å². The normalized spacial score (nSPS) is 9.54. The number of anilines is 1. The summed E-state index contributed by atoms with van der Waals surface area (Å²) in [5.74, 6) is -0.966. The second kappa shape index (κ2) is 3.27. The number of primary amides is 1. The SMILES string of the molecule is NC(=O)c1c(NC(=O)O)s[nH]c1=O. The first kappa shape index (κ1) is 9.26. The van der Waals surface area contributed by atoms with Crippen molar-refractivity contribution >= 4 is 28.5 Å². The van der Waals surface area contributed by atoms with Crippen molar-refractivity contribution in [3.63, 3.8) is 0 Å². The number of carboxylic acid groups (broad SMARTS) is 1. The molecule has 7 nitrogen and oxygen atoms in total. The van der Waals surface area contributed by atoms with Gasteiger partial charge in [0.1, 0.15) is 10.6 Å². The summed E-state index contributed by atoms with van der Waals surface area (Å²) < 4.78 is 2.18. The maximum Gasteiger partial charge on any atom is 0.409 e. The van der Waals surface area contributed by atoms with Gasteiger partial charge < -0.3 is 10.8 Å². The van der Waals surface area contributed by atoms with Crippen LogP contribution < -0.4 is 16.6 Å². The Hall–Kier alpha value is -1.83. The largest absolute Gasteiger partial charge is 0.465 e. The second-order valence-corrected chi connectivity index (χ2v) is 2.85. The molecule has 13 heavy (non-hydrogen) atoms. The zero-order valence-corrected chi connectivity index (χ0v) is 6.97. The molecule has 5 N–H and O–H groups in total. The Morgan fingerprint density at radius 3 is 2.62 bits per heavy atom. The Morgan fingerprint density at radius 2 is 2.15 bits per heavy atom.